The molecule has 1 amide bonds. The van der Waals surface area contributed by atoms with Crippen molar-refractivity contribution in [2.45, 2.75) is 0 Å². The molecule has 0 saturated heterocycles. The number of hydrogen-bond acceptors (Lipinski definition) is 4. The molecule has 5 nitrogen and oxygen atoms in total. The Hall–Kier alpha value is -2.95. The highest BCUT2D eigenvalue weighted by molar-refractivity contribution is 6.40. The molecule has 2 aromatic rings. The van der Waals surface area contributed by atoms with Crippen molar-refractivity contribution in [3.63, 3.8) is 0 Å². The maximum atomic E-state index is 11.7. The highest BCUT2D eigenvalue weighted by Crippen LogP contribution is 2.02. The quantitative estimate of drug-likeness (QED) is 0.523. The summed E-state index contributed by atoms with van der Waals surface area (Å²) >= 11 is 0. The molecule has 0 aromatic heterocycles. The molecule has 0 heterocycles. The lowest BCUT2D eigenvalue weighted by atomic mass is 10.1. The standard InChI is InChI=1S/C15H11NO4/c17-13(11-7-3-1-4-8-11)15(19)20-16-14(18)12-9-5-2-6-10-12/h1-10H,(H,16,18). The summed E-state index contributed by atoms with van der Waals surface area (Å²) in [6.07, 6.45) is 0. The number of ketones is 1. The summed E-state index contributed by atoms with van der Waals surface area (Å²) in [6.45, 7) is 0. The van der Waals surface area contributed by atoms with E-state index in [0.717, 1.165) is 0 Å². The van der Waals surface area contributed by atoms with Crippen molar-refractivity contribution in [1.29, 1.82) is 0 Å². The molecule has 0 unspecified atom stereocenters. The van der Waals surface area contributed by atoms with Gasteiger partial charge in [0, 0.05) is 11.1 Å². The summed E-state index contributed by atoms with van der Waals surface area (Å²) in [4.78, 5) is 39.3. The van der Waals surface area contributed by atoms with Gasteiger partial charge in [0.2, 0.25) is 0 Å². The van der Waals surface area contributed by atoms with E-state index in [0.29, 0.717) is 5.56 Å². The van der Waals surface area contributed by atoms with Gasteiger partial charge in [-0.25, -0.2) is 4.79 Å². The fourth-order valence-electron chi connectivity index (χ4n) is 1.49. The average molecular weight is 269 g/mol. The first kappa shape index (κ1) is 13.5. The van der Waals surface area contributed by atoms with Crippen LogP contribution in [0.4, 0.5) is 0 Å². The SMILES string of the molecule is O=C(ONC(=O)c1ccccc1)C(=O)c1ccccc1. The van der Waals surface area contributed by atoms with Crippen LogP contribution < -0.4 is 5.48 Å². The van der Waals surface area contributed by atoms with E-state index in [1.807, 2.05) is 5.48 Å². The van der Waals surface area contributed by atoms with Crippen LogP contribution in [0.3, 0.4) is 0 Å². The van der Waals surface area contributed by atoms with E-state index in [4.69, 9.17) is 0 Å². The molecule has 0 spiro atoms. The Labute approximate surface area is 115 Å². The van der Waals surface area contributed by atoms with E-state index in [9.17, 15) is 14.4 Å². The number of nitrogens with one attached hydrogen (secondary N) is 1. The Morgan fingerprint density at radius 3 is 1.80 bits per heavy atom. The molecule has 5 heteroatoms. The van der Waals surface area contributed by atoms with E-state index in [1.54, 1.807) is 48.5 Å². The summed E-state index contributed by atoms with van der Waals surface area (Å²) in [5.41, 5.74) is 2.47. The van der Waals surface area contributed by atoms with Gasteiger partial charge >= 0.3 is 5.97 Å². The number of carbonyl (C=O) groups is 3. The lowest BCUT2D eigenvalue weighted by molar-refractivity contribution is -0.143. The second kappa shape index (κ2) is 6.29. The Kier molecular flexibility index (Phi) is 4.24. The first-order valence-corrected chi connectivity index (χ1v) is 5.84. The third-order valence-electron chi connectivity index (χ3n) is 2.49. The number of Topliss-reactive ketones (excluding diaryl/α,β-unsaturated/α-hetero) is 1. The zero-order chi connectivity index (χ0) is 14.4. The predicted molar refractivity (Wildman–Crippen MR) is 70.8 cm³/mol. The molecule has 2 aromatic carbocycles. The number of rotatable bonds is 3. The number of hydrogen-bond donors (Lipinski definition) is 1. The van der Waals surface area contributed by atoms with Crippen molar-refractivity contribution >= 4 is 17.7 Å². The van der Waals surface area contributed by atoms with Gasteiger partial charge in [-0.1, -0.05) is 48.5 Å². The molecule has 0 atom stereocenters. The predicted octanol–water partition coefficient (Wildman–Crippen LogP) is 1.76. The molecule has 100 valence electrons. The number of amides is 1. The smallest absolute Gasteiger partial charge is 0.332 e. The molecule has 0 bridgehead atoms. The van der Waals surface area contributed by atoms with Crippen molar-refractivity contribution in [3.8, 4) is 0 Å². The van der Waals surface area contributed by atoms with Gasteiger partial charge in [0.15, 0.2) is 0 Å². The van der Waals surface area contributed by atoms with Crippen molar-refractivity contribution < 1.29 is 19.2 Å². The largest absolute Gasteiger partial charge is 0.403 e. The summed E-state index contributed by atoms with van der Waals surface area (Å²) < 4.78 is 0. The Morgan fingerprint density at radius 1 is 0.750 bits per heavy atom. The van der Waals surface area contributed by atoms with E-state index >= 15 is 0 Å². The summed E-state index contributed by atoms with van der Waals surface area (Å²) in [7, 11) is 0. The van der Waals surface area contributed by atoms with E-state index in [-0.39, 0.29) is 5.56 Å². The maximum absolute atomic E-state index is 11.7. The van der Waals surface area contributed by atoms with E-state index in [2.05, 4.69) is 4.84 Å². The van der Waals surface area contributed by atoms with Gasteiger partial charge in [-0.2, -0.15) is 5.48 Å². The Bertz CT molecular complexity index is 623. The van der Waals surface area contributed by atoms with Crippen LogP contribution >= 0.6 is 0 Å². The van der Waals surface area contributed by atoms with Gasteiger partial charge in [-0.05, 0) is 12.1 Å². The van der Waals surface area contributed by atoms with Crippen LogP contribution in [0, 0.1) is 0 Å². The summed E-state index contributed by atoms with van der Waals surface area (Å²) in [5.74, 6) is -2.56. The maximum Gasteiger partial charge on any atom is 0.403 e. The molecular weight excluding hydrogens is 258 g/mol. The Balaban J connectivity index is 1.93. The molecule has 0 aliphatic carbocycles. The van der Waals surface area contributed by atoms with Crippen LogP contribution in [0.2, 0.25) is 0 Å². The van der Waals surface area contributed by atoms with Crippen molar-refractivity contribution in [2.75, 3.05) is 0 Å². The third kappa shape index (κ3) is 3.29. The van der Waals surface area contributed by atoms with Crippen molar-refractivity contribution in [3.05, 3.63) is 71.8 Å². The molecule has 0 aliphatic heterocycles. The molecular formula is C15H11NO4. The minimum Gasteiger partial charge on any atom is -0.332 e. The van der Waals surface area contributed by atoms with Gasteiger partial charge in [0.25, 0.3) is 11.7 Å². The monoisotopic (exact) mass is 269 g/mol. The van der Waals surface area contributed by atoms with E-state index < -0.39 is 17.7 Å². The van der Waals surface area contributed by atoms with Crippen molar-refractivity contribution in [1.82, 2.24) is 5.48 Å². The van der Waals surface area contributed by atoms with Crippen LogP contribution in [-0.2, 0) is 9.63 Å². The second-order valence-electron chi connectivity index (χ2n) is 3.88. The normalized spacial score (nSPS) is 9.60. The summed E-state index contributed by atoms with van der Waals surface area (Å²) in [5, 5.41) is 0. The number of carbonyl (C=O) groups excluding carboxylic acids is 3. The van der Waals surface area contributed by atoms with Gasteiger partial charge in [0.1, 0.15) is 0 Å². The molecule has 20 heavy (non-hydrogen) atoms. The molecule has 2 rings (SSSR count). The minimum atomic E-state index is -1.14. The van der Waals surface area contributed by atoms with Gasteiger partial charge in [-0.15, -0.1) is 0 Å². The molecule has 0 saturated carbocycles. The molecule has 1 N–H and O–H groups in total. The zero-order valence-electron chi connectivity index (χ0n) is 10.4. The third-order valence-corrected chi connectivity index (χ3v) is 2.49. The van der Waals surface area contributed by atoms with Crippen LogP contribution in [0.1, 0.15) is 20.7 Å². The van der Waals surface area contributed by atoms with Gasteiger partial charge < -0.3 is 4.84 Å². The lowest BCUT2D eigenvalue weighted by Crippen LogP contribution is -2.30. The van der Waals surface area contributed by atoms with Crippen LogP contribution in [0.5, 0.6) is 0 Å². The molecule has 0 fully saturated rings. The lowest BCUT2D eigenvalue weighted by Gasteiger charge is -2.04. The van der Waals surface area contributed by atoms with Gasteiger partial charge in [-0.3, -0.25) is 9.59 Å². The molecule has 0 radical (unpaired) electrons. The highest BCUT2D eigenvalue weighted by Gasteiger charge is 2.19. The molecule has 0 aliphatic rings. The van der Waals surface area contributed by atoms with Crippen molar-refractivity contribution in [2.24, 2.45) is 0 Å². The highest BCUT2D eigenvalue weighted by atomic mass is 16.7. The fourth-order valence-corrected chi connectivity index (χ4v) is 1.49. The van der Waals surface area contributed by atoms with Crippen LogP contribution in [-0.4, -0.2) is 17.7 Å². The van der Waals surface area contributed by atoms with Gasteiger partial charge in [0.05, 0.1) is 0 Å². The van der Waals surface area contributed by atoms with Crippen LogP contribution in [0.25, 0.3) is 0 Å². The van der Waals surface area contributed by atoms with Crippen LogP contribution in [0.15, 0.2) is 60.7 Å². The fraction of sp³-hybridized carbons (Fsp3) is 0. The summed E-state index contributed by atoms with van der Waals surface area (Å²) in [6, 6.07) is 16.2. The van der Waals surface area contributed by atoms with E-state index in [1.165, 1.54) is 12.1 Å². The number of benzene rings is 2. The topological polar surface area (TPSA) is 72.5 Å². The second-order valence-corrected chi connectivity index (χ2v) is 3.88. The average Bonchev–Trinajstić information content (AvgIpc) is 2.53. The minimum absolute atomic E-state index is 0.200. The number of hydroxylamine groups is 1. The first-order chi connectivity index (χ1) is 9.68. The Morgan fingerprint density at radius 2 is 1.25 bits per heavy atom. The first-order valence-electron chi connectivity index (χ1n) is 5.84. The zero-order valence-corrected chi connectivity index (χ0v) is 10.4.